The first kappa shape index (κ1) is 55.9. The fraction of sp³-hybridized carbons (Fsp3) is 0.717. The predicted molar refractivity (Wildman–Crippen MR) is 251 cm³/mol. The summed E-state index contributed by atoms with van der Waals surface area (Å²) < 4.78 is 16.7. The second-order valence-electron chi connectivity index (χ2n) is 16.0. The van der Waals surface area contributed by atoms with Gasteiger partial charge in [0.2, 0.25) is 0 Å². The Morgan fingerprint density at radius 3 is 1.17 bits per heavy atom. The molecule has 0 unspecified atom stereocenters. The van der Waals surface area contributed by atoms with Gasteiger partial charge < -0.3 is 14.2 Å². The molecule has 0 amide bonds. The van der Waals surface area contributed by atoms with Crippen molar-refractivity contribution in [3.05, 3.63) is 72.9 Å². The van der Waals surface area contributed by atoms with Gasteiger partial charge in [-0.3, -0.25) is 14.4 Å². The highest BCUT2D eigenvalue weighted by atomic mass is 16.6. The lowest BCUT2D eigenvalue weighted by molar-refractivity contribution is -0.167. The summed E-state index contributed by atoms with van der Waals surface area (Å²) in [6, 6.07) is 0. The minimum Gasteiger partial charge on any atom is -0.462 e. The van der Waals surface area contributed by atoms with Crippen LogP contribution in [0, 0.1) is 0 Å². The highest BCUT2D eigenvalue weighted by Gasteiger charge is 2.19. The summed E-state index contributed by atoms with van der Waals surface area (Å²) >= 11 is 0. The Hall–Kier alpha value is -3.15. The highest BCUT2D eigenvalue weighted by Crippen LogP contribution is 2.14. The van der Waals surface area contributed by atoms with Crippen molar-refractivity contribution < 1.29 is 28.6 Å². The van der Waals surface area contributed by atoms with Gasteiger partial charge in [-0.2, -0.15) is 0 Å². The van der Waals surface area contributed by atoms with E-state index < -0.39 is 6.10 Å². The van der Waals surface area contributed by atoms with E-state index in [-0.39, 0.29) is 37.5 Å². The fourth-order valence-corrected chi connectivity index (χ4v) is 6.52. The molecule has 0 bridgehead atoms. The maximum Gasteiger partial charge on any atom is 0.306 e. The number of hydrogen-bond acceptors (Lipinski definition) is 6. The van der Waals surface area contributed by atoms with Crippen molar-refractivity contribution >= 4 is 17.9 Å². The van der Waals surface area contributed by atoms with Crippen LogP contribution >= 0.6 is 0 Å². The van der Waals surface area contributed by atoms with Gasteiger partial charge in [0.25, 0.3) is 0 Å². The molecular formula is C53H90O6. The average Bonchev–Trinajstić information content (AvgIpc) is 3.23. The summed E-state index contributed by atoms with van der Waals surface area (Å²) in [4.78, 5) is 37.8. The van der Waals surface area contributed by atoms with Gasteiger partial charge in [-0.1, -0.05) is 203 Å². The number of allylic oxidation sites excluding steroid dienone is 12. The average molecular weight is 823 g/mol. The topological polar surface area (TPSA) is 78.9 Å². The van der Waals surface area contributed by atoms with Crippen LogP contribution < -0.4 is 0 Å². The van der Waals surface area contributed by atoms with Crippen LogP contribution in [0.2, 0.25) is 0 Å². The van der Waals surface area contributed by atoms with Gasteiger partial charge >= 0.3 is 17.9 Å². The second-order valence-corrected chi connectivity index (χ2v) is 16.0. The quantitative estimate of drug-likeness (QED) is 0.0264. The number of unbranched alkanes of at least 4 members (excludes halogenated alkanes) is 20. The number of carbonyl (C=O) groups excluding carboxylic acids is 3. The Labute approximate surface area is 363 Å². The Balaban J connectivity index is 4.46. The Kier molecular flexibility index (Phi) is 45.0. The molecular weight excluding hydrogens is 733 g/mol. The molecule has 0 aliphatic heterocycles. The lowest BCUT2D eigenvalue weighted by Gasteiger charge is -2.18. The molecule has 0 radical (unpaired) electrons. The largest absolute Gasteiger partial charge is 0.462 e. The van der Waals surface area contributed by atoms with Gasteiger partial charge in [0.1, 0.15) is 13.2 Å². The Bertz CT molecular complexity index is 1130. The monoisotopic (exact) mass is 823 g/mol. The van der Waals surface area contributed by atoms with Crippen LogP contribution in [0.3, 0.4) is 0 Å². The minimum absolute atomic E-state index is 0.0951. The van der Waals surface area contributed by atoms with E-state index >= 15 is 0 Å². The first-order valence-electron chi connectivity index (χ1n) is 24.4. The van der Waals surface area contributed by atoms with Crippen LogP contribution in [-0.2, 0) is 28.6 Å². The van der Waals surface area contributed by atoms with Crippen molar-refractivity contribution in [2.45, 2.75) is 232 Å². The van der Waals surface area contributed by atoms with Crippen molar-refractivity contribution in [3.63, 3.8) is 0 Å². The molecule has 0 aliphatic rings. The van der Waals surface area contributed by atoms with Gasteiger partial charge in [-0.15, -0.1) is 0 Å². The maximum absolute atomic E-state index is 12.7. The molecule has 0 aromatic heterocycles. The van der Waals surface area contributed by atoms with E-state index in [4.69, 9.17) is 14.2 Å². The first-order chi connectivity index (χ1) is 29.0. The highest BCUT2D eigenvalue weighted by molar-refractivity contribution is 5.71. The lowest BCUT2D eigenvalue weighted by atomic mass is 10.0. The standard InChI is InChI=1S/C53H90O6/c1-4-7-10-13-16-19-22-24-25-26-27-29-32-34-37-40-43-46-52(55)58-49-50(59-53(56)47-44-41-38-35-30-21-18-15-12-9-6-3)48-57-51(54)45-42-39-36-33-31-28-23-20-17-14-11-8-5-2/h7,10,15-16,18-19,24-25,27,29,34,37,50H,4-6,8-9,11-14,17,20-23,26,28,30-33,35-36,38-49H2,1-3H3/b10-7-,18-15-,19-16-,25-24-,29-27-,37-34-/t50-/m0/s1. The number of rotatable bonds is 43. The molecule has 0 rings (SSSR count). The van der Waals surface area contributed by atoms with Crippen LogP contribution in [0.15, 0.2) is 72.9 Å². The van der Waals surface area contributed by atoms with E-state index in [1.807, 2.05) is 0 Å². The zero-order chi connectivity index (χ0) is 43.0. The molecule has 0 saturated carbocycles. The fourth-order valence-electron chi connectivity index (χ4n) is 6.52. The maximum atomic E-state index is 12.7. The van der Waals surface area contributed by atoms with Gasteiger partial charge in [0, 0.05) is 19.3 Å². The molecule has 6 heteroatoms. The Morgan fingerprint density at radius 2 is 0.695 bits per heavy atom. The third kappa shape index (κ3) is 45.8. The normalized spacial score (nSPS) is 12.7. The molecule has 0 heterocycles. The van der Waals surface area contributed by atoms with Crippen LogP contribution in [0.5, 0.6) is 0 Å². The van der Waals surface area contributed by atoms with Crippen molar-refractivity contribution in [2.24, 2.45) is 0 Å². The van der Waals surface area contributed by atoms with Gasteiger partial charge in [-0.05, 0) is 77.0 Å². The molecule has 0 fully saturated rings. The smallest absolute Gasteiger partial charge is 0.306 e. The Morgan fingerprint density at radius 1 is 0.356 bits per heavy atom. The van der Waals surface area contributed by atoms with Gasteiger partial charge in [-0.25, -0.2) is 0 Å². The molecule has 0 aromatic carbocycles. The third-order valence-electron chi connectivity index (χ3n) is 10.2. The summed E-state index contributed by atoms with van der Waals surface area (Å²) in [5.41, 5.74) is 0. The molecule has 0 spiro atoms. The van der Waals surface area contributed by atoms with E-state index in [0.29, 0.717) is 19.3 Å². The van der Waals surface area contributed by atoms with E-state index in [1.54, 1.807) is 0 Å². The number of carbonyl (C=O) groups is 3. The molecule has 0 aliphatic carbocycles. The molecule has 0 saturated heterocycles. The van der Waals surface area contributed by atoms with Crippen LogP contribution in [0.4, 0.5) is 0 Å². The summed E-state index contributed by atoms with van der Waals surface area (Å²) in [6.07, 6.45) is 58.9. The number of esters is 3. The van der Waals surface area contributed by atoms with Crippen LogP contribution in [0.25, 0.3) is 0 Å². The SMILES string of the molecule is CC/C=C\C/C=C\C/C=C\C/C=C\C/C=C\CCCC(=O)OC[C@H](COC(=O)CCCCCCCCCCCCCCC)OC(=O)CCCCCCC/C=C\CCCC. The van der Waals surface area contributed by atoms with Gasteiger partial charge in [0.15, 0.2) is 6.10 Å². The van der Waals surface area contributed by atoms with Crippen molar-refractivity contribution in [1.82, 2.24) is 0 Å². The van der Waals surface area contributed by atoms with Crippen molar-refractivity contribution in [3.8, 4) is 0 Å². The predicted octanol–water partition coefficient (Wildman–Crippen LogP) is 15.9. The van der Waals surface area contributed by atoms with Crippen molar-refractivity contribution in [1.29, 1.82) is 0 Å². The van der Waals surface area contributed by atoms with E-state index in [1.165, 1.54) is 89.9 Å². The molecule has 59 heavy (non-hydrogen) atoms. The summed E-state index contributed by atoms with van der Waals surface area (Å²) in [5, 5.41) is 0. The van der Waals surface area contributed by atoms with E-state index in [9.17, 15) is 14.4 Å². The zero-order valence-corrected chi connectivity index (χ0v) is 38.5. The second kappa shape index (κ2) is 47.5. The zero-order valence-electron chi connectivity index (χ0n) is 38.5. The van der Waals surface area contributed by atoms with Crippen LogP contribution in [-0.4, -0.2) is 37.2 Å². The number of hydrogen-bond donors (Lipinski definition) is 0. The lowest BCUT2D eigenvalue weighted by Crippen LogP contribution is -2.30. The van der Waals surface area contributed by atoms with E-state index in [0.717, 1.165) is 89.9 Å². The summed E-state index contributed by atoms with van der Waals surface area (Å²) in [5.74, 6) is -0.967. The molecule has 338 valence electrons. The summed E-state index contributed by atoms with van der Waals surface area (Å²) in [7, 11) is 0. The molecule has 0 aromatic rings. The van der Waals surface area contributed by atoms with E-state index in [2.05, 4.69) is 93.7 Å². The summed E-state index contributed by atoms with van der Waals surface area (Å²) in [6.45, 7) is 6.42. The number of ether oxygens (including phenoxy) is 3. The van der Waals surface area contributed by atoms with Crippen molar-refractivity contribution in [2.75, 3.05) is 13.2 Å². The molecule has 6 nitrogen and oxygen atoms in total. The third-order valence-corrected chi connectivity index (χ3v) is 10.2. The van der Waals surface area contributed by atoms with Gasteiger partial charge in [0.05, 0.1) is 0 Å². The first-order valence-corrected chi connectivity index (χ1v) is 24.4. The molecule has 0 N–H and O–H groups in total. The van der Waals surface area contributed by atoms with Crippen LogP contribution in [0.1, 0.15) is 226 Å². The minimum atomic E-state index is -0.799. The molecule has 1 atom stereocenters.